The second-order valence-corrected chi connectivity index (χ2v) is 5.70. The lowest BCUT2D eigenvalue weighted by molar-refractivity contribution is -0.146. The summed E-state index contributed by atoms with van der Waals surface area (Å²) in [6, 6.07) is -0.240. The molecule has 0 aromatic carbocycles. The first-order valence-corrected chi connectivity index (χ1v) is 6.86. The van der Waals surface area contributed by atoms with E-state index in [0.717, 1.165) is 12.8 Å². The summed E-state index contributed by atoms with van der Waals surface area (Å²) in [4.78, 5) is 26.1. The maximum absolute atomic E-state index is 11.9. The average Bonchev–Trinajstić information content (AvgIpc) is 2.32. The molecule has 0 bridgehead atoms. The first-order chi connectivity index (χ1) is 9.28. The van der Waals surface area contributed by atoms with Crippen molar-refractivity contribution in [1.29, 1.82) is 0 Å². The van der Waals surface area contributed by atoms with Gasteiger partial charge >= 0.3 is 12.0 Å². The van der Waals surface area contributed by atoms with Gasteiger partial charge in [-0.2, -0.15) is 0 Å². The van der Waals surface area contributed by atoms with Crippen LogP contribution in [0, 0.1) is 0 Å². The van der Waals surface area contributed by atoms with Gasteiger partial charge in [0.2, 0.25) is 0 Å². The number of aliphatic hydroxyl groups is 1. The van der Waals surface area contributed by atoms with Crippen molar-refractivity contribution in [3.8, 4) is 0 Å². The fourth-order valence-corrected chi connectivity index (χ4v) is 2.42. The molecule has 0 aliphatic heterocycles. The molecule has 0 aromatic heterocycles. The highest BCUT2D eigenvalue weighted by Gasteiger charge is 2.40. The zero-order chi connectivity index (χ0) is 15.3. The highest BCUT2D eigenvalue weighted by molar-refractivity contribution is 5.74. The van der Waals surface area contributed by atoms with Crippen molar-refractivity contribution in [2.75, 3.05) is 34.2 Å². The number of aliphatic hydroxyl groups excluding tert-OH is 1. The minimum atomic E-state index is -1.43. The molecule has 1 atom stereocenters. The summed E-state index contributed by atoms with van der Waals surface area (Å²) in [5.74, 6) is -1.27. The van der Waals surface area contributed by atoms with Crippen molar-refractivity contribution >= 4 is 12.0 Å². The van der Waals surface area contributed by atoms with E-state index in [1.807, 2.05) is 14.1 Å². The number of hydrogen-bond donors (Lipinski definition) is 3. The molecule has 1 rings (SSSR count). The molecular formula is C13H25N3O4. The van der Waals surface area contributed by atoms with Crippen LogP contribution in [0.3, 0.4) is 0 Å². The molecule has 0 saturated heterocycles. The summed E-state index contributed by atoms with van der Waals surface area (Å²) in [5.41, 5.74) is 0.0622. The van der Waals surface area contributed by atoms with Gasteiger partial charge in [-0.25, -0.2) is 9.59 Å². The number of carbonyl (C=O) groups excluding carboxylic acids is 1. The van der Waals surface area contributed by atoms with Crippen molar-refractivity contribution in [2.24, 2.45) is 0 Å². The first-order valence-electron chi connectivity index (χ1n) is 6.86. The van der Waals surface area contributed by atoms with Crippen LogP contribution >= 0.6 is 0 Å². The zero-order valence-electron chi connectivity index (χ0n) is 12.4. The van der Waals surface area contributed by atoms with Crippen LogP contribution in [0.4, 0.5) is 4.79 Å². The fourth-order valence-electron chi connectivity index (χ4n) is 2.42. The SMILES string of the molecule is CN(CC1(N(C)C)CCC1)C(=O)NCC[C@H](O)C(=O)O. The maximum Gasteiger partial charge on any atom is 0.332 e. The van der Waals surface area contributed by atoms with E-state index >= 15 is 0 Å². The lowest BCUT2D eigenvalue weighted by Crippen LogP contribution is -2.58. The number of rotatable bonds is 7. The third-order valence-corrected chi connectivity index (χ3v) is 4.09. The Hall–Kier alpha value is -1.34. The Morgan fingerprint density at radius 1 is 1.30 bits per heavy atom. The fraction of sp³-hybridized carbons (Fsp3) is 0.846. The molecule has 0 heterocycles. The smallest absolute Gasteiger partial charge is 0.332 e. The molecule has 7 nitrogen and oxygen atoms in total. The van der Waals surface area contributed by atoms with Crippen molar-refractivity contribution in [2.45, 2.75) is 37.3 Å². The number of carboxylic acids is 1. The molecule has 0 aromatic rings. The van der Waals surface area contributed by atoms with Gasteiger partial charge in [0.25, 0.3) is 0 Å². The molecule has 1 aliphatic carbocycles. The monoisotopic (exact) mass is 287 g/mol. The van der Waals surface area contributed by atoms with Gasteiger partial charge < -0.3 is 25.3 Å². The van der Waals surface area contributed by atoms with Crippen LogP contribution in [0.25, 0.3) is 0 Å². The number of nitrogens with zero attached hydrogens (tertiary/aromatic N) is 2. The molecule has 1 fully saturated rings. The Bertz CT molecular complexity index is 356. The summed E-state index contributed by atoms with van der Waals surface area (Å²) in [6.45, 7) is 0.791. The third kappa shape index (κ3) is 4.08. The van der Waals surface area contributed by atoms with Crippen LogP contribution in [0.15, 0.2) is 0 Å². The van der Waals surface area contributed by atoms with Crippen LogP contribution < -0.4 is 5.32 Å². The van der Waals surface area contributed by atoms with Crippen molar-refractivity contribution in [1.82, 2.24) is 15.1 Å². The van der Waals surface area contributed by atoms with E-state index < -0.39 is 12.1 Å². The number of nitrogens with one attached hydrogen (secondary N) is 1. The Kier molecular flexibility index (Phi) is 5.76. The van der Waals surface area contributed by atoms with Crippen LogP contribution in [0.2, 0.25) is 0 Å². The molecular weight excluding hydrogens is 262 g/mol. The molecule has 0 radical (unpaired) electrons. The molecule has 7 heteroatoms. The van der Waals surface area contributed by atoms with Crippen molar-refractivity contribution in [3.63, 3.8) is 0 Å². The average molecular weight is 287 g/mol. The van der Waals surface area contributed by atoms with Gasteiger partial charge in [0.15, 0.2) is 6.10 Å². The molecule has 116 valence electrons. The lowest BCUT2D eigenvalue weighted by Gasteiger charge is -2.49. The number of urea groups is 1. The Balaban J connectivity index is 2.34. The molecule has 1 aliphatic rings. The number of hydrogen-bond acceptors (Lipinski definition) is 4. The first kappa shape index (κ1) is 16.7. The van der Waals surface area contributed by atoms with Gasteiger partial charge in [0, 0.05) is 32.1 Å². The van der Waals surface area contributed by atoms with E-state index in [-0.39, 0.29) is 24.5 Å². The van der Waals surface area contributed by atoms with Crippen molar-refractivity contribution < 1.29 is 19.8 Å². The van der Waals surface area contributed by atoms with Gasteiger partial charge in [-0.3, -0.25) is 0 Å². The van der Waals surface area contributed by atoms with E-state index in [4.69, 9.17) is 10.2 Å². The van der Waals surface area contributed by atoms with E-state index in [1.54, 1.807) is 11.9 Å². The number of amides is 2. The predicted molar refractivity (Wildman–Crippen MR) is 74.6 cm³/mol. The van der Waals surface area contributed by atoms with Gasteiger partial charge in [-0.05, 0) is 33.4 Å². The summed E-state index contributed by atoms with van der Waals surface area (Å²) in [7, 11) is 5.77. The summed E-state index contributed by atoms with van der Waals surface area (Å²) >= 11 is 0. The second-order valence-electron chi connectivity index (χ2n) is 5.70. The van der Waals surface area contributed by atoms with Crippen LogP contribution in [0.1, 0.15) is 25.7 Å². The molecule has 0 unspecified atom stereocenters. The van der Waals surface area contributed by atoms with E-state index in [0.29, 0.717) is 6.54 Å². The number of carbonyl (C=O) groups is 2. The Labute approximate surface area is 119 Å². The van der Waals surface area contributed by atoms with Gasteiger partial charge in [0.1, 0.15) is 0 Å². The Morgan fingerprint density at radius 3 is 2.30 bits per heavy atom. The van der Waals surface area contributed by atoms with Crippen LogP contribution in [-0.2, 0) is 4.79 Å². The normalized spacial score (nSPS) is 18.2. The zero-order valence-corrected chi connectivity index (χ0v) is 12.4. The quantitative estimate of drug-likeness (QED) is 0.610. The van der Waals surface area contributed by atoms with Crippen molar-refractivity contribution in [3.05, 3.63) is 0 Å². The largest absolute Gasteiger partial charge is 0.479 e. The maximum atomic E-state index is 11.9. The van der Waals surface area contributed by atoms with E-state index in [2.05, 4.69) is 10.2 Å². The highest BCUT2D eigenvalue weighted by atomic mass is 16.4. The predicted octanol–water partition coefficient (Wildman–Crippen LogP) is -0.0523. The van der Waals surface area contributed by atoms with E-state index in [9.17, 15) is 9.59 Å². The number of likely N-dealkylation sites (N-methyl/N-ethyl adjacent to an activating group) is 2. The summed E-state index contributed by atoms with van der Waals surface area (Å²) < 4.78 is 0. The molecule has 1 saturated carbocycles. The van der Waals surface area contributed by atoms with Gasteiger partial charge in [-0.1, -0.05) is 0 Å². The van der Waals surface area contributed by atoms with Gasteiger partial charge in [0.05, 0.1) is 0 Å². The van der Waals surface area contributed by atoms with Crippen LogP contribution in [-0.4, -0.2) is 77.9 Å². The van der Waals surface area contributed by atoms with Crippen LogP contribution in [0.5, 0.6) is 0 Å². The summed E-state index contributed by atoms with van der Waals surface area (Å²) in [5, 5.41) is 20.3. The number of carboxylic acid groups (broad SMARTS) is 1. The van der Waals surface area contributed by atoms with Gasteiger partial charge in [-0.15, -0.1) is 0 Å². The topological polar surface area (TPSA) is 93.1 Å². The molecule has 3 N–H and O–H groups in total. The minimum Gasteiger partial charge on any atom is -0.479 e. The lowest BCUT2D eigenvalue weighted by atomic mass is 9.75. The molecule has 2 amide bonds. The summed E-state index contributed by atoms with van der Waals surface area (Å²) in [6.07, 6.45) is 1.91. The number of aliphatic carboxylic acids is 1. The minimum absolute atomic E-state index is 0.00768. The Morgan fingerprint density at radius 2 is 1.90 bits per heavy atom. The second kappa shape index (κ2) is 6.90. The molecule has 0 spiro atoms. The highest BCUT2D eigenvalue weighted by Crippen LogP contribution is 2.36. The standard InChI is InChI=1S/C13H25N3O4/c1-15(2)13(6-4-7-13)9-16(3)12(20)14-8-5-10(17)11(18)19/h10,17H,4-9H2,1-3H3,(H,14,20)(H,18,19)/t10-/m0/s1. The third-order valence-electron chi connectivity index (χ3n) is 4.09. The molecule has 20 heavy (non-hydrogen) atoms. The van der Waals surface area contributed by atoms with E-state index in [1.165, 1.54) is 6.42 Å².